The van der Waals surface area contributed by atoms with Crippen molar-refractivity contribution in [2.45, 2.75) is 38.8 Å². The zero-order valence-electron chi connectivity index (χ0n) is 16.5. The number of benzene rings is 2. The number of hydrogen-bond acceptors (Lipinski definition) is 3. The molecule has 0 aliphatic carbocycles. The van der Waals surface area contributed by atoms with E-state index in [0.717, 1.165) is 27.7 Å². The number of ether oxygens (including phenoxy) is 1. The zero-order chi connectivity index (χ0) is 19.4. The Morgan fingerprint density at radius 1 is 1.21 bits per heavy atom. The van der Waals surface area contributed by atoms with Crippen molar-refractivity contribution in [3.05, 3.63) is 64.3 Å². The Morgan fingerprint density at radius 2 is 1.96 bits per heavy atom. The van der Waals surface area contributed by atoms with E-state index in [1.165, 1.54) is 10.9 Å². The minimum atomic E-state index is -0.569. The number of aliphatic hydroxyl groups excluding tert-OH is 1. The van der Waals surface area contributed by atoms with E-state index in [4.69, 9.17) is 4.74 Å². The summed E-state index contributed by atoms with van der Waals surface area (Å²) in [5.74, 6) is 0.820. The number of fused-ring (bicyclic) bond motifs is 1. The molecule has 1 atom stereocenters. The van der Waals surface area contributed by atoms with E-state index >= 15 is 0 Å². The van der Waals surface area contributed by atoms with Crippen LogP contribution in [0, 0.1) is 6.92 Å². The predicted octanol–water partition coefficient (Wildman–Crippen LogP) is 5.01. The van der Waals surface area contributed by atoms with Gasteiger partial charge in [0.25, 0.3) is 0 Å². The van der Waals surface area contributed by atoms with Gasteiger partial charge in [-0.3, -0.25) is 0 Å². The number of rotatable bonds is 8. The molecule has 0 aliphatic rings. The molecule has 0 spiro atoms. The maximum atomic E-state index is 10.3. The quantitative estimate of drug-likeness (QED) is 0.436. The van der Waals surface area contributed by atoms with E-state index in [-0.39, 0.29) is 24.6 Å². The van der Waals surface area contributed by atoms with Crippen LogP contribution in [0.3, 0.4) is 0 Å². The van der Waals surface area contributed by atoms with Crippen LogP contribution in [0.5, 0.6) is 5.75 Å². The molecule has 1 aromatic heterocycles. The summed E-state index contributed by atoms with van der Waals surface area (Å²) in [6.45, 7) is 7.05. The number of aromatic amines is 1. The first-order valence-corrected chi connectivity index (χ1v) is 10.0. The fourth-order valence-electron chi connectivity index (χ4n) is 3.19. The monoisotopic (exact) mass is 466 g/mol. The van der Waals surface area contributed by atoms with Gasteiger partial charge in [-0.05, 0) is 62.6 Å². The van der Waals surface area contributed by atoms with Crippen LogP contribution in [0.4, 0.5) is 0 Å². The number of aromatic nitrogens is 1. The molecular weight excluding hydrogens is 440 g/mol. The normalized spacial score (nSPS) is 12.6. The summed E-state index contributed by atoms with van der Waals surface area (Å²) in [5.41, 5.74) is 3.31. The average Bonchev–Trinajstić information content (AvgIpc) is 3.01. The van der Waals surface area contributed by atoms with Crippen molar-refractivity contribution in [2.24, 2.45) is 0 Å². The Morgan fingerprint density at radius 3 is 2.71 bits per heavy atom. The van der Waals surface area contributed by atoms with Gasteiger partial charge in [-0.25, -0.2) is 0 Å². The van der Waals surface area contributed by atoms with Gasteiger partial charge in [-0.1, -0.05) is 34.1 Å². The molecule has 0 bridgehead atoms. The molecule has 152 valence electrons. The number of H-pyrrole nitrogens is 1. The minimum Gasteiger partial charge on any atom is -0.491 e. The van der Waals surface area contributed by atoms with Crippen LogP contribution in [0.2, 0.25) is 0 Å². The summed E-state index contributed by atoms with van der Waals surface area (Å²) in [6, 6.07) is 14.1. The largest absolute Gasteiger partial charge is 0.491 e. The smallest absolute Gasteiger partial charge is 0.122 e. The van der Waals surface area contributed by atoms with Crippen LogP contribution in [-0.2, 0) is 6.42 Å². The van der Waals surface area contributed by atoms with Crippen LogP contribution in [0.25, 0.3) is 10.9 Å². The van der Waals surface area contributed by atoms with E-state index in [0.29, 0.717) is 6.54 Å². The topological polar surface area (TPSA) is 57.3 Å². The van der Waals surface area contributed by atoms with Gasteiger partial charge in [0.2, 0.25) is 0 Å². The fourth-order valence-corrected chi connectivity index (χ4v) is 3.55. The highest BCUT2D eigenvalue weighted by Gasteiger charge is 2.21. The van der Waals surface area contributed by atoms with Gasteiger partial charge in [0, 0.05) is 33.7 Å². The second-order valence-electron chi connectivity index (χ2n) is 7.68. The first kappa shape index (κ1) is 22.8. The summed E-state index contributed by atoms with van der Waals surface area (Å²) >= 11 is 3.55. The standard InChI is InChI=1S/C22H27BrN2O2.ClH/c1-15-6-4-5-7-21(15)27-14-18(26)13-25-22(2,3)11-16-12-24-20-9-8-17(23)10-19(16)20;/h4-10,12,18,24-26H,11,13-14H2,1-3H3;1H. The number of para-hydroxylation sites is 1. The Labute approximate surface area is 181 Å². The lowest BCUT2D eigenvalue weighted by Crippen LogP contribution is -2.46. The van der Waals surface area contributed by atoms with Crippen LogP contribution in [-0.4, -0.2) is 34.9 Å². The molecule has 0 amide bonds. The lowest BCUT2D eigenvalue weighted by Gasteiger charge is -2.28. The third-order valence-electron chi connectivity index (χ3n) is 4.70. The third kappa shape index (κ3) is 5.98. The van der Waals surface area contributed by atoms with Gasteiger partial charge < -0.3 is 20.1 Å². The maximum absolute atomic E-state index is 10.3. The summed E-state index contributed by atoms with van der Waals surface area (Å²) < 4.78 is 6.81. The minimum absolute atomic E-state index is 0. The molecule has 0 fully saturated rings. The maximum Gasteiger partial charge on any atom is 0.122 e. The van der Waals surface area contributed by atoms with E-state index in [9.17, 15) is 5.11 Å². The predicted molar refractivity (Wildman–Crippen MR) is 122 cm³/mol. The fraction of sp³-hybridized carbons (Fsp3) is 0.364. The summed E-state index contributed by atoms with van der Waals surface area (Å²) in [6.07, 6.45) is 2.36. The zero-order valence-corrected chi connectivity index (χ0v) is 18.9. The Balaban J connectivity index is 0.00000280. The average molecular weight is 468 g/mol. The van der Waals surface area contributed by atoms with Gasteiger partial charge >= 0.3 is 0 Å². The summed E-state index contributed by atoms with van der Waals surface area (Å²) in [5, 5.41) is 15.0. The molecule has 4 nitrogen and oxygen atoms in total. The van der Waals surface area contributed by atoms with Crippen LogP contribution in [0.15, 0.2) is 53.1 Å². The van der Waals surface area contributed by atoms with Crippen LogP contribution < -0.4 is 10.1 Å². The number of nitrogens with one attached hydrogen (secondary N) is 2. The Kier molecular flexibility index (Phi) is 7.96. The molecule has 0 aliphatic heterocycles. The highest BCUT2D eigenvalue weighted by Crippen LogP contribution is 2.25. The van der Waals surface area contributed by atoms with E-state index < -0.39 is 6.10 Å². The molecule has 1 heterocycles. The molecular formula is C22H28BrClN2O2. The van der Waals surface area contributed by atoms with Gasteiger partial charge in [0.05, 0.1) is 0 Å². The van der Waals surface area contributed by atoms with Crippen molar-refractivity contribution in [2.75, 3.05) is 13.2 Å². The van der Waals surface area contributed by atoms with Crippen molar-refractivity contribution >= 4 is 39.2 Å². The van der Waals surface area contributed by atoms with Crippen molar-refractivity contribution in [3.8, 4) is 5.75 Å². The molecule has 0 radical (unpaired) electrons. The van der Waals surface area contributed by atoms with E-state index in [1.807, 2.05) is 37.3 Å². The first-order chi connectivity index (χ1) is 12.8. The molecule has 0 saturated carbocycles. The van der Waals surface area contributed by atoms with E-state index in [1.54, 1.807) is 0 Å². The van der Waals surface area contributed by atoms with Gasteiger partial charge in [-0.2, -0.15) is 0 Å². The van der Waals surface area contributed by atoms with Gasteiger partial charge in [-0.15, -0.1) is 12.4 Å². The van der Waals surface area contributed by atoms with Crippen molar-refractivity contribution in [3.63, 3.8) is 0 Å². The molecule has 28 heavy (non-hydrogen) atoms. The Hall–Kier alpha value is -1.53. The van der Waals surface area contributed by atoms with Crippen LogP contribution in [0.1, 0.15) is 25.0 Å². The summed E-state index contributed by atoms with van der Waals surface area (Å²) in [7, 11) is 0. The highest BCUT2D eigenvalue weighted by molar-refractivity contribution is 9.10. The van der Waals surface area contributed by atoms with Crippen molar-refractivity contribution in [1.82, 2.24) is 10.3 Å². The van der Waals surface area contributed by atoms with Crippen molar-refractivity contribution < 1.29 is 9.84 Å². The lowest BCUT2D eigenvalue weighted by molar-refractivity contribution is 0.0985. The van der Waals surface area contributed by atoms with Gasteiger partial charge in [0.15, 0.2) is 0 Å². The number of hydrogen-bond donors (Lipinski definition) is 3. The third-order valence-corrected chi connectivity index (χ3v) is 5.20. The molecule has 3 aromatic rings. The number of aryl methyl sites for hydroxylation is 1. The van der Waals surface area contributed by atoms with Crippen molar-refractivity contribution in [1.29, 1.82) is 0 Å². The SMILES string of the molecule is Cc1ccccc1OCC(O)CNC(C)(C)Cc1c[nH]c2ccc(Br)cc12.Cl. The summed E-state index contributed by atoms with van der Waals surface area (Å²) in [4.78, 5) is 3.33. The molecule has 1 unspecified atom stereocenters. The number of β-amino-alcohol motifs (C(OH)–C–C–N with tert-alkyl or cyclic N) is 1. The van der Waals surface area contributed by atoms with Crippen LogP contribution >= 0.6 is 28.3 Å². The first-order valence-electron chi connectivity index (χ1n) is 9.21. The lowest BCUT2D eigenvalue weighted by atomic mass is 9.94. The molecule has 3 rings (SSSR count). The molecule has 3 N–H and O–H groups in total. The van der Waals surface area contributed by atoms with E-state index in [2.05, 4.69) is 58.4 Å². The second kappa shape index (κ2) is 9.79. The number of aliphatic hydroxyl groups is 1. The molecule has 6 heteroatoms. The van der Waals surface area contributed by atoms with Gasteiger partial charge in [0.1, 0.15) is 18.5 Å². The molecule has 0 saturated heterocycles. The molecule has 2 aromatic carbocycles. The Bertz CT molecular complexity index is 910. The number of halogens is 2. The second-order valence-corrected chi connectivity index (χ2v) is 8.59. The highest BCUT2D eigenvalue weighted by atomic mass is 79.9.